The van der Waals surface area contributed by atoms with Crippen molar-refractivity contribution in [2.45, 2.75) is 0 Å². The van der Waals surface area contributed by atoms with Gasteiger partial charge in [-0.2, -0.15) is 0 Å². The fourth-order valence-electron chi connectivity index (χ4n) is 2.76. The van der Waals surface area contributed by atoms with Gasteiger partial charge in [0.05, 0.1) is 18.9 Å². The standard InChI is InChI=1S/C19H14N2O4/c1-24-17-9-13(22)5-4-11(17)7-15-14-8-12(16-3-2-6-25-16)10-20-18(14)21-19(15)23/h2-10,22H,1H3,(H,20,21,23). The molecule has 3 heterocycles. The number of phenolic OH excluding ortho intramolecular Hbond substituents is 1. The number of carbonyl (C=O) groups is 1. The Morgan fingerprint density at radius 1 is 1.28 bits per heavy atom. The second-order valence-corrected chi connectivity index (χ2v) is 5.54. The van der Waals surface area contributed by atoms with Crippen molar-refractivity contribution in [1.82, 2.24) is 4.98 Å². The summed E-state index contributed by atoms with van der Waals surface area (Å²) in [5, 5.41) is 12.3. The topological polar surface area (TPSA) is 84.6 Å². The summed E-state index contributed by atoms with van der Waals surface area (Å²) in [5.41, 5.74) is 2.62. The highest BCUT2D eigenvalue weighted by molar-refractivity contribution is 6.34. The molecule has 0 radical (unpaired) electrons. The maximum absolute atomic E-state index is 12.4. The number of nitrogens with zero attached hydrogens (tertiary/aromatic N) is 1. The SMILES string of the molecule is COc1cc(O)ccc1C=C1C(=O)Nc2ncc(-c3ccco3)cc21. The van der Waals surface area contributed by atoms with Crippen LogP contribution in [-0.4, -0.2) is 23.1 Å². The molecule has 3 aromatic rings. The second-order valence-electron chi connectivity index (χ2n) is 5.54. The van der Waals surface area contributed by atoms with Crippen LogP contribution in [-0.2, 0) is 4.79 Å². The van der Waals surface area contributed by atoms with Crippen LogP contribution < -0.4 is 10.1 Å². The van der Waals surface area contributed by atoms with Crippen LogP contribution in [0.15, 0.2) is 53.3 Å². The third-order valence-corrected chi connectivity index (χ3v) is 3.98. The highest BCUT2D eigenvalue weighted by atomic mass is 16.5. The summed E-state index contributed by atoms with van der Waals surface area (Å²) < 4.78 is 10.7. The normalized spacial score (nSPS) is 14.4. The van der Waals surface area contributed by atoms with E-state index in [0.29, 0.717) is 34.0 Å². The van der Waals surface area contributed by atoms with Gasteiger partial charge in [0.15, 0.2) is 0 Å². The summed E-state index contributed by atoms with van der Waals surface area (Å²) in [6.07, 6.45) is 4.96. The lowest BCUT2D eigenvalue weighted by Crippen LogP contribution is -2.04. The number of pyridine rings is 1. The predicted octanol–water partition coefficient (Wildman–Crippen LogP) is 3.55. The van der Waals surface area contributed by atoms with E-state index in [0.717, 1.165) is 5.56 Å². The molecule has 1 aromatic carbocycles. The first kappa shape index (κ1) is 15.0. The molecule has 2 N–H and O–H groups in total. The maximum atomic E-state index is 12.4. The van der Waals surface area contributed by atoms with Gasteiger partial charge in [0.25, 0.3) is 5.91 Å². The smallest absolute Gasteiger partial charge is 0.257 e. The van der Waals surface area contributed by atoms with E-state index in [-0.39, 0.29) is 11.7 Å². The summed E-state index contributed by atoms with van der Waals surface area (Å²) in [5.74, 6) is 1.51. The van der Waals surface area contributed by atoms with Gasteiger partial charge in [-0.25, -0.2) is 4.98 Å². The Bertz CT molecular complexity index is 991. The average Bonchev–Trinajstić information content (AvgIpc) is 3.24. The van der Waals surface area contributed by atoms with Gasteiger partial charge in [-0.05, 0) is 36.4 Å². The molecule has 0 aliphatic carbocycles. The van der Waals surface area contributed by atoms with Crippen molar-refractivity contribution in [2.24, 2.45) is 0 Å². The summed E-state index contributed by atoms with van der Waals surface area (Å²) in [7, 11) is 1.51. The number of anilines is 1. The fourth-order valence-corrected chi connectivity index (χ4v) is 2.76. The number of hydrogen-bond donors (Lipinski definition) is 2. The van der Waals surface area contributed by atoms with Gasteiger partial charge in [0.2, 0.25) is 0 Å². The number of benzene rings is 1. The molecule has 124 valence electrons. The first-order chi connectivity index (χ1) is 12.2. The van der Waals surface area contributed by atoms with Crippen molar-refractivity contribution in [3.63, 3.8) is 0 Å². The lowest BCUT2D eigenvalue weighted by atomic mass is 10.0. The highest BCUT2D eigenvalue weighted by Gasteiger charge is 2.26. The predicted molar refractivity (Wildman–Crippen MR) is 93.1 cm³/mol. The molecule has 4 rings (SSSR count). The molecule has 1 aliphatic heterocycles. The number of hydrogen-bond acceptors (Lipinski definition) is 5. The quantitative estimate of drug-likeness (QED) is 0.716. The molecule has 6 heteroatoms. The molecule has 1 amide bonds. The van der Waals surface area contributed by atoms with Crippen LogP contribution in [0.5, 0.6) is 11.5 Å². The molecular weight excluding hydrogens is 320 g/mol. The number of rotatable bonds is 3. The largest absolute Gasteiger partial charge is 0.508 e. The molecule has 0 saturated carbocycles. The van der Waals surface area contributed by atoms with Crippen molar-refractivity contribution in [2.75, 3.05) is 12.4 Å². The van der Waals surface area contributed by atoms with Crippen LogP contribution in [0.2, 0.25) is 0 Å². The van der Waals surface area contributed by atoms with Gasteiger partial charge in [-0.1, -0.05) is 0 Å². The van der Waals surface area contributed by atoms with Crippen LogP contribution >= 0.6 is 0 Å². The van der Waals surface area contributed by atoms with E-state index in [1.165, 1.54) is 13.2 Å². The van der Waals surface area contributed by atoms with Crippen LogP contribution in [0.4, 0.5) is 5.82 Å². The Hall–Kier alpha value is -3.54. The van der Waals surface area contributed by atoms with Crippen molar-refractivity contribution < 1.29 is 19.1 Å². The van der Waals surface area contributed by atoms with E-state index in [4.69, 9.17) is 9.15 Å². The number of methoxy groups -OCH3 is 1. The average molecular weight is 334 g/mol. The minimum Gasteiger partial charge on any atom is -0.508 e. The number of carbonyl (C=O) groups excluding carboxylic acids is 1. The lowest BCUT2D eigenvalue weighted by molar-refractivity contribution is -0.110. The number of ether oxygens (including phenoxy) is 1. The van der Waals surface area contributed by atoms with Crippen LogP contribution in [0, 0.1) is 0 Å². The van der Waals surface area contributed by atoms with Crippen molar-refractivity contribution in [3.8, 4) is 22.8 Å². The van der Waals surface area contributed by atoms with Crippen molar-refractivity contribution >= 4 is 23.4 Å². The van der Waals surface area contributed by atoms with Crippen molar-refractivity contribution in [1.29, 1.82) is 0 Å². The van der Waals surface area contributed by atoms with Crippen LogP contribution in [0.1, 0.15) is 11.1 Å². The first-order valence-electron chi connectivity index (χ1n) is 7.60. The minimum atomic E-state index is -0.241. The minimum absolute atomic E-state index is 0.0945. The molecule has 0 saturated heterocycles. The number of fused-ring (bicyclic) bond motifs is 1. The van der Waals surface area contributed by atoms with Crippen LogP contribution in [0.25, 0.3) is 23.0 Å². The Morgan fingerprint density at radius 3 is 2.92 bits per heavy atom. The van der Waals surface area contributed by atoms with E-state index < -0.39 is 0 Å². The number of phenols is 1. The summed E-state index contributed by atoms with van der Waals surface area (Å²) in [6.45, 7) is 0. The van der Waals surface area contributed by atoms with E-state index in [9.17, 15) is 9.90 Å². The lowest BCUT2D eigenvalue weighted by Gasteiger charge is -2.06. The molecule has 25 heavy (non-hydrogen) atoms. The third-order valence-electron chi connectivity index (χ3n) is 3.98. The zero-order chi connectivity index (χ0) is 17.4. The zero-order valence-corrected chi connectivity index (χ0v) is 13.3. The number of aromatic nitrogens is 1. The number of aromatic hydroxyl groups is 1. The van der Waals surface area contributed by atoms with Gasteiger partial charge in [0, 0.05) is 29.0 Å². The molecule has 0 spiro atoms. The number of nitrogens with one attached hydrogen (secondary N) is 1. The Kier molecular flexibility index (Phi) is 3.50. The third kappa shape index (κ3) is 2.63. The van der Waals surface area contributed by atoms with E-state index in [1.54, 1.807) is 36.7 Å². The van der Waals surface area contributed by atoms with E-state index >= 15 is 0 Å². The molecule has 2 aromatic heterocycles. The summed E-state index contributed by atoms with van der Waals surface area (Å²) in [6, 6.07) is 10.2. The highest BCUT2D eigenvalue weighted by Crippen LogP contribution is 2.36. The fraction of sp³-hybridized carbons (Fsp3) is 0.0526. The van der Waals surface area contributed by atoms with Crippen molar-refractivity contribution in [3.05, 3.63) is 60.0 Å². The summed E-state index contributed by atoms with van der Waals surface area (Å²) in [4.78, 5) is 16.7. The molecular formula is C19H14N2O4. The van der Waals surface area contributed by atoms with E-state index in [1.807, 2.05) is 12.1 Å². The summed E-state index contributed by atoms with van der Waals surface area (Å²) >= 11 is 0. The number of amides is 1. The van der Waals surface area contributed by atoms with Gasteiger partial charge in [0.1, 0.15) is 23.1 Å². The Balaban J connectivity index is 1.83. The maximum Gasteiger partial charge on any atom is 0.257 e. The Morgan fingerprint density at radius 2 is 2.16 bits per heavy atom. The van der Waals surface area contributed by atoms with E-state index in [2.05, 4.69) is 10.3 Å². The van der Waals surface area contributed by atoms with Crippen LogP contribution in [0.3, 0.4) is 0 Å². The van der Waals surface area contributed by atoms with Gasteiger partial charge in [-0.3, -0.25) is 4.79 Å². The monoisotopic (exact) mass is 334 g/mol. The first-order valence-corrected chi connectivity index (χ1v) is 7.60. The van der Waals surface area contributed by atoms with Gasteiger partial charge >= 0.3 is 0 Å². The second kappa shape index (κ2) is 5.83. The Labute approximate surface area is 143 Å². The van der Waals surface area contributed by atoms with Gasteiger partial charge < -0.3 is 19.6 Å². The van der Waals surface area contributed by atoms with Gasteiger partial charge in [-0.15, -0.1) is 0 Å². The molecule has 0 atom stereocenters. The molecule has 0 unspecified atom stereocenters. The molecule has 6 nitrogen and oxygen atoms in total. The zero-order valence-electron chi connectivity index (χ0n) is 13.3. The molecule has 0 bridgehead atoms. The molecule has 1 aliphatic rings. The molecule has 0 fully saturated rings. The number of furan rings is 1.